The molecule has 0 atom stereocenters. The van der Waals surface area contributed by atoms with E-state index < -0.39 is 0 Å². The van der Waals surface area contributed by atoms with E-state index in [9.17, 15) is 5.11 Å². The van der Waals surface area contributed by atoms with Crippen molar-refractivity contribution in [3.63, 3.8) is 0 Å². The first-order chi connectivity index (χ1) is 8.81. The van der Waals surface area contributed by atoms with E-state index >= 15 is 0 Å². The molecule has 2 rings (SSSR count). The van der Waals surface area contributed by atoms with E-state index in [1.54, 1.807) is 42.5 Å². The van der Waals surface area contributed by atoms with Crippen molar-refractivity contribution in [1.29, 1.82) is 0 Å². The highest BCUT2D eigenvalue weighted by Gasteiger charge is 2.00. The fourth-order valence-corrected chi connectivity index (χ4v) is 1.34. The van der Waals surface area contributed by atoms with Crippen molar-refractivity contribution in [2.45, 2.75) is 0 Å². The van der Waals surface area contributed by atoms with Gasteiger partial charge in [0.05, 0.1) is 0 Å². The maximum atomic E-state index is 9.53. The van der Waals surface area contributed by atoms with Crippen molar-refractivity contribution in [2.24, 2.45) is 20.6 Å². The number of aromatic hydroxyl groups is 1. The predicted octanol–water partition coefficient (Wildman–Crippen LogP) is 4.28. The molecule has 2 aromatic rings. The van der Waals surface area contributed by atoms with Gasteiger partial charge in [0.1, 0.15) is 22.8 Å². The Labute approximate surface area is 103 Å². The summed E-state index contributed by atoms with van der Waals surface area (Å²) in [5.74, 6) is 0.0440. The van der Waals surface area contributed by atoms with E-state index in [1.807, 2.05) is 0 Å². The van der Waals surface area contributed by atoms with Gasteiger partial charge in [0.2, 0.25) is 0 Å². The zero-order valence-electron chi connectivity index (χ0n) is 9.30. The molecule has 0 unspecified atom stereocenters. The van der Waals surface area contributed by atoms with Crippen LogP contribution in [0.5, 0.6) is 5.75 Å². The molecule has 0 bridgehead atoms. The molecule has 2 aromatic carbocycles. The summed E-state index contributed by atoms with van der Waals surface area (Å²) in [6, 6.07) is 13.4. The average Bonchev–Trinajstić information content (AvgIpc) is 2.40. The van der Waals surface area contributed by atoms with E-state index in [4.69, 9.17) is 5.21 Å². The lowest BCUT2D eigenvalue weighted by atomic mass is 10.3. The van der Waals surface area contributed by atoms with Crippen LogP contribution in [0.3, 0.4) is 0 Å². The SMILES string of the molecule is ON=Nc1ccccc1N=Nc1ccccc1O. The lowest BCUT2D eigenvalue weighted by Gasteiger charge is -1.98. The summed E-state index contributed by atoms with van der Waals surface area (Å²) in [5.41, 5.74) is 1.19. The first kappa shape index (κ1) is 11.7. The lowest BCUT2D eigenvalue weighted by Crippen LogP contribution is -1.68. The van der Waals surface area contributed by atoms with Gasteiger partial charge in [-0.25, -0.2) is 0 Å². The standard InChI is InChI=1S/C12H10N4O2/c17-12-8-4-3-7-11(12)14-13-9-5-1-2-6-10(9)15-16-18/h1-8,17H,(H,15,18). The topological polar surface area (TPSA) is 89.9 Å². The quantitative estimate of drug-likeness (QED) is 0.621. The number of hydrogen-bond acceptors (Lipinski definition) is 5. The lowest BCUT2D eigenvalue weighted by molar-refractivity contribution is 0.289. The van der Waals surface area contributed by atoms with Gasteiger partial charge in [-0.15, -0.1) is 15.3 Å². The van der Waals surface area contributed by atoms with Crippen molar-refractivity contribution in [3.8, 4) is 5.75 Å². The third kappa shape index (κ3) is 2.67. The molecule has 0 spiro atoms. The number of phenolic OH excluding ortho intramolecular Hbond substituents is 1. The average molecular weight is 242 g/mol. The zero-order chi connectivity index (χ0) is 12.8. The van der Waals surface area contributed by atoms with Gasteiger partial charge in [-0.05, 0) is 24.3 Å². The summed E-state index contributed by atoms with van der Waals surface area (Å²) in [5, 5.41) is 32.0. The molecule has 6 nitrogen and oxygen atoms in total. The number of hydrogen-bond donors (Lipinski definition) is 2. The number of phenols is 1. The first-order valence-electron chi connectivity index (χ1n) is 5.15. The van der Waals surface area contributed by atoms with Gasteiger partial charge in [-0.2, -0.15) is 0 Å². The molecule has 90 valence electrons. The highest BCUT2D eigenvalue weighted by atomic mass is 16.5. The largest absolute Gasteiger partial charge is 0.506 e. The van der Waals surface area contributed by atoms with Crippen LogP contribution in [0, 0.1) is 0 Å². The minimum Gasteiger partial charge on any atom is -0.506 e. The van der Waals surface area contributed by atoms with Gasteiger partial charge in [-0.3, -0.25) is 0 Å². The Balaban J connectivity index is 2.32. The van der Waals surface area contributed by atoms with E-state index in [2.05, 4.69) is 20.6 Å². The second-order valence-electron chi connectivity index (χ2n) is 3.37. The van der Waals surface area contributed by atoms with Crippen molar-refractivity contribution in [1.82, 2.24) is 0 Å². The Bertz CT molecular complexity index is 596. The first-order valence-corrected chi connectivity index (χ1v) is 5.15. The highest BCUT2D eigenvalue weighted by Crippen LogP contribution is 2.31. The van der Waals surface area contributed by atoms with Gasteiger partial charge < -0.3 is 10.3 Å². The minimum atomic E-state index is 0.0440. The van der Waals surface area contributed by atoms with Crippen molar-refractivity contribution in [2.75, 3.05) is 0 Å². The molecule has 0 aromatic heterocycles. The summed E-state index contributed by atoms with van der Waals surface area (Å²) < 4.78 is 0. The number of rotatable bonds is 3. The van der Waals surface area contributed by atoms with Crippen LogP contribution in [0.1, 0.15) is 0 Å². The van der Waals surface area contributed by atoms with E-state index in [-0.39, 0.29) is 5.75 Å². The predicted molar refractivity (Wildman–Crippen MR) is 65.0 cm³/mol. The molecule has 0 fully saturated rings. The number of benzene rings is 2. The normalized spacial score (nSPS) is 11.3. The Kier molecular flexibility index (Phi) is 3.60. The van der Waals surface area contributed by atoms with Crippen LogP contribution < -0.4 is 0 Å². The summed E-state index contributed by atoms with van der Waals surface area (Å²) >= 11 is 0. The molecule has 0 saturated heterocycles. The van der Waals surface area contributed by atoms with E-state index in [0.29, 0.717) is 17.1 Å². The molecule has 2 N–H and O–H groups in total. The van der Waals surface area contributed by atoms with Crippen LogP contribution in [0.15, 0.2) is 69.2 Å². The van der Waals surface area contributed by atoms with Crippen LogP contribution in [-0.4, -0.2) is 10.3 Å². The van der Waals surface area contributed by atoms with Crippen molar-refractivity contribution < 1.29 is 10.3 Å². The molecule has 0 radical (unpaired) electrons. The van der Waals surface area contributed by atoms with Gasteiger partial charge in [-0.1, -0.05) is 24.3 Å². The Morgan fingerprint density at radius 3 is 1.78 bits per heavy atom. The Morgan fingerprint density at radius 2 is 1.17 bits per heavy atom. The van der Waals surface area contributed by atoms with Gasteiger partial charge in [0.15, 0.2) is 0 Å². The van der Waals surface area contributed by atoms with Crippen LogP contribution in [0.25, 0.3) is 0 Å². The highest BCUT2D eigenvalue weighted by molar-refractivity contribution is 5.61. The second-order valence-corrected chi connectivity index (χ2v) is 3.37. The van der Waals surface area contributed by atoms with E-state index in [0.717, 1.165) is 0 Å². The smallest absolute Gasteiger partial charge is 0.143 e. The fourth-order valence-electron chi connectivity index (χ4n) is 1.34. The van der Waals surface area contributed by atoms with Gasteiger partial charge in [0, 0.05) is 5.28 Å². The van der Waals surface area contributed by atoms with Gasteiger partial charge >= 0.3 is 0 Å². The van der Waals surface area contributed by atoms with Crippen molar-refractivity contribution >= 4 is 17.1 Å². The molecule has 0 aliphatic carbocycles. The maximum Gasteiger partial charge on any atom is 0.143 e. The minimum absolute atomic E-state index is 0.0440. The summed E-state index contributed by atoms with van der Waals surface area (Å²) in [6.07, 6.45) is 0. The Hall–Kier alpha value is -2.76. The Morgan fingerprint density at radius 1 is 0.667 bits per heavy atom. The maximum absolute atomic E-state index is 9.53. The number of para-hydroxylation sites is 1. The number of azo groups is 1. The molecule has 18 heavy (non-hydrogen) atoms. The molecule has 0 amide bonds. The van der Waals surface area contributed by atoms with Crippen LogP contribution in [-0.2, 0) is 0 Å². The van der Waals surface area contributed by atoms with Crippen LogP contribution >= 0.6 is 0 Å². The van der Waals surface area contributed by atoms with Crippen LogP contribution in [0.2, 0.25) is 0 Å². The third-order valence-electron chi connectivity index (χ3n) is 2.18. The summed E-state index contributed by atoms with van der Waals surface area (Å²) in [7, 11) is 0. The summed E-state index contributed by atoms with van der Waals surface area (Å²) in [4.78, 5) is 0. The van der Waals surface area contributed by atoms with E-state index in [1.165, 1.54) is 6.07 Å². The summed E-state index contributed by atoms with van der Waals surface area (Å²) in [6.45, 7) is 0. The molecule has 0 aliphatic rings. The fraction of sp³-hybridized carbons (Fsp3) is 0. The second kappa shape index (κ2) is 5.53. The van der Waals surface area contributed by atoms with Crippen molar-refractivity contribution in [3.05, 3.63) is 48.5 Å². The molecule has 0 saturated carbocycles. The molecular weight excluding hydrogens is 232 g/mol. The third-order valence-corrected chi connectivity index (χ3v) is 2.18. The zero-order valence-corrected chi connectivity index (χ0v) is 9.30. The molecular formula is C12H10N4O2. The number of nitrogens with zero attached hydrogens (tertiary/aromatic N) is 4. The van der Waals surface area contributed by atoms with Gasteiger partial charge in [0.25, 0.3) is 0 Å². The molecule has 0 aliphatic heterocycles. The monoisotopic (exact) mass is 242 g/mol. The molecule has 6 heteroatoms. The molecule has 0 heterocycles. The van der Waals surface area contributed by atoms with Crippen LogP contribution in [0.4, 0.5) is 17.1 Å².